The molecule has 2 amide bonds. The quantitative estimate of drug-likeness (QED) is 0.584. The number of nitrogens with zero attached hydrogens (tertiary/aromatic N) is 1. The molecule has 0 radical (unpaired) electrons. The zero-order chi connectivity index (χ0) is 13.8. The van der Waals surface area contributed by atoms with E-state index in [0.717, 1.165) is 12.8 Å². The van der Waals surface area contributed by atoms with Crippen LogP contribution < -0.4 is 0 Å². The number of carbonyl (C=O) groups is 2. The second-order valence-electron chi connectivity index (χ2n) is 4.93. The standard InChI is InChI=1S/C15H19NO3/c1-11(2)19-10-6-5-9-16-14(17)12-7-3-4-8-13(12)15(16)18/h3-4,7-8,11H,5-6,9-10H2,1-2H3. The molecule has 0 saturated carbocycles. The summed E-state index contributed by atoms with van der Waals surface area (Å²) in [6.45, 7) is 5.11. The highest BCUT2D eigenvalue weighted by molar-refractivity contribution is 6.21. The van der Waals surface area contributed by atoms with E-state index in [9.17, 15) is 9.59 Å². The molecule has 0 aliphatic carbocycles. The number of fused-ring (bicyclic) bond motifs is 1. The predicted octanol–water partition coefficient (Wildman–Crippen LogP) is 2.49. The summed E-state index contributed by atoms with van der Waals surface area (Å²) >= 11 is 0. The Hall–Kier alpha value is -1.68. The molecule has 0 bridgehead atoms. The molecule has 19 heavy (non-hydrogen) atoms. The maximum absolute atomic E-state index is 12.1. The second-order valence-corrected chi connectivity index (χ2v) is 4.93. The van der Waals surface area contributed by atoms with Gasteiger partial charge >= 0.3 is 0 Å². The number of imide groups is 1. The summed E-state index contributed by atoms with van der Waals surface area (Å²) in [6.07, 6.45) is 1.85. The highest BCUT2D eigenvalue weighted by Gasteiger charge is 2.34. The number of hydrogen-bond donors (Lipinski definition) is 0. The molecule has 1 aliphatic rings. The van der Waals surface area contributed by atoms with Crippen molar-refractivity contribution in [2.45, 2.75) is 32.8 Å². The third-order valence-electron chi connectivity index (χ3n) is 3.11. The van der Waals surface area contributed by atoms with E-state index in [4.69, 9.17) is 4.74 Å². The lowest BCUT2D eigenvalue weighted by molar-refractivity contribution is 0.0611. The Labute approximate surface area is 113 Å². The minimum Gasteiger partial charge on any atom is -0.379 e. The molecule has 1 aromatic rings. The molecular weight excluding hydrogens is 242 g/mol. The molecule has 0 unspecified atom stereocenters. The number of hydrogen-bond acceptors (Lipinski definition) is 3. The minimum atomic E-state index is -0.176. The van der Waals surface area contributed by atoms with Crippen LogP contribution in [0.4, 0.5) is 0 Å². The summed E-state index contributed by atoms with van der Waals surface area (Å²) in [5.74, 6) is -0.351. The fourth-order valence-corrected chi connectivity index (χ4v) is 2.13. The van der Waals surface area contributed by atoms with Crippen LogP contribution in [-0.2, 0) is 4.74 Å². The van der Waals surface area contributed by atoms with E-state index >= 15 is 0 Å². The highest BCUT2D eigenvalue weighted by Crippen LogP contribution is 2.22. The highest BCUT2D eigenvalue weighted by atomic mass is 16.5. The molecule has 0 saturated heterocycles. The van der Waals surface area contributed by atoms with Crippen LogP contribution in [0.2, 0.25) is 0 Å². The van der Waals surface area contributed by atoms with Crippen LogP contribution in [0.25, 0.3) is 0 Å². The molecular formula is C15H19NO3. The lowest BCUT2D eigenvalue weighted by Gasteiger charge is -2.14. The second kappa shape index (κ2) is 5.97. The molecule has 0 spiro atoms. The third kappa shape index (κ3) is 3.01. The first-order chi connectivity index (χ1) is 9.11. The van der Waals surface area contributed by atoms with Gasteiger partial charge < -0.3 is 4.74 Å². The Morgan fingerprint density at radius 2 is 1.63 bits per heavy atom. The SMILES string of the molecule is CC(C)OCCCCN1C(=O)c2ccccc2C1=O. The van der Waals surface area contributed by atoms with E-state index in [1.165, 1.54) is 4.90 Å². The molecule has 1 heterocycles. The van der Waals surface area contributed by atoms with Crippen molar-refractivity contribution < 1.29 is 14.3 Å². The van der Waals surface area contributed by atoms with E-state index in [2.05, 4.69) is 0 Å². The molecule has 4 nitrogen and oxygen atoms in total. The average molecular weight is 261 g/mol. The van der Waals surface area contributed by atoms with Crippen molar-refractivity contribution in [3.05, 3.63) is 35.4 Å². The van der Waals surface area contributed by atoms with Crippen LogP contribution in [0.3, 0.4) is 0 Å². The van der Waals surface area contributed by atoms with Gasteiger partial charge in [0, 0.05) is 13.2 Å². The summed E-state index contributed by atoms with van der Waals surface area (Å²) in [5.41, 5.74) is 1.04. The number of amides is 2. The van der Waals surface area contributed by atoms with Gasteiger partial charge in [0.25, 0.3) is 11.8 Å². The average Bonchev–Trinajstić information content (AvgIpc) is 2.63. The number of ether oxygens (including phenoxy) is 1. The van der Waals surface area contributed by atoms with Crippen LogP contribution in [0.1, 0.15) is 47.4 Å². The lowest BCUT2D eigenvalue weighted by Crippen LogP contribution is -2.30. The lowest BCUT2D eigenvalue weighted by atomic mass is 10.1. The smallest absolute Gasteiger partial charge is 0.261 e. The normalized spacial score (nSPS) is 14.4. The van der Waals surface area contributed by atoms with Crippen molar-refractivity contribution >= 4 is 11.8 Å². The summed E-state index contributed by atoms with van der Waals surface area (Å²) in [6, 6.07) is 6.98. The maximum Gasteiger partial charge on any atom is 0.261 e. The van der Waals surface area contributed by atoms with Crippen LogP contribution in [-0.4, -0.2) is 36.0 Å². The summed E-state index contributed by atoms with van der Waals surface area (Å²) in [4.78, 5) is 25.4. The Balaban J connectivity index is 1.87. The monoisotopic (exact) mass is 261 g/mol. The number of rotatable bonds is 6. The molecule has 0 N–H and O–H groups in total. The first-order valence-corrected chi connectivity index (χ1v) is 6.68. The van der Waals surface area contributed by atoms with Crippen LogP contribution >= 0.6 is 0 Å². The van der Waals surface area contributed by atoms with E-state index < -0.39 is 0 Å². The van der Waals surface area contributed by atoms with Crippen LogP contribution in [0, 0.1) is 0 Å². The fraction of sp³-hybridized carbons (Fsp3) is 0.467. The summed E-state index contributed by atoms with van der Waals surface area (Å²) < 4.78 is 5.43. The van der Waals surface area contributed by atoms with Gasteiger partial charge in [-0.1, -0.05) is 12.1 Å². The van der Waals surface area contributed by atoms with Gasteiger partial charge in [-0.25, -0.2) is 0 Å². The molecule has 0 atom stereocenters. The molecule has 1 aromatic carbocycles. The van der Waals surface area contributed by atoms with Crippen molar-refractivity contribution in [2.24, 2.45) is 0 Å². The zero-order valence-corrected chi connectivity index (χ0v) is 11.4. The fourth-order valence-electron chi connectivity index (χ4n) is 2.13. The van der Waals surface area contributed by atoms with Crippen molar-refractivity contribution in [3.63, 3.8) is 0 Å². The predicted molar refractivity (Wildman–Crippen MR) is 72.1 cm³/mol. The number of benzene rings is 1. The van der Waals surface area contributed by atoms with Crippen molar-refractivity contribution in [3.8, 4) is 0 Å². The largest absolute Gasteiger partial charge is 0.379 e. The van der Waals surface area contributed by atoms with Crippen molar-refractivity contribution in [2.75, 3.05) is 13.2 Å². The number of carbonyl (C=O) groups excluding carboxylic acids is 2. The molecule has 102 valence electrons. The maximum atomic E-state index is 12.1. The Kier molecular flexibility index (Phi) is 4.32. The van der Waals surface area contributed by atoms with Gasteiger partial charge in [-0.05, 0) is 38.8 Å². The van der Waals surface area contributed by atoms with Crippen molar-refractivity contribution in [1.82, 2.24) is 4.90 Å². The van der Waals surface area contributed by atoms with E-state index in [1.54, 1.807) is 24.3 Å². The topological polar surface area (TPSA) is 46.6 Å². The summed E-state index contributed by atoms with van der Waals surface area (Å²) in [5, 5.41) is 0. The first kappa shape index (κ1) is 13.7. The van der Waals surface area contributed by atoms with Gasteiger partial charge in [0.1, 0.15) is 0 Å². The Morgan fingerprint density at radius 3 is 2.16 bits per heavy atom. The molecule has 0 aromatic heterocycles. The van der Waals surface area contributed by atoms with Gasteiger partial charge in [-0.3, -0.25) is 14.5 Å². The zero-order valence-electron chi connectivity index (χ0n) is 11.4. The summed E-state index contributed by atoms with van der Waals surface area (Å²) in [7, 11) is 0. The molecule has 4 heteroatoms. The first-order valence-electron chi connectivity index (χ1n) is 6.68. The van der Waals surface area contributed by atoms with Crippen LogP contribution in [0.5, 0.6) is 0 Å². The van der Waals surface area contributed by atoms with Gasteiger partial charge in [0.2, 0.25) is 0 Å². The molecule has 1 aliphatic heterocycles. The van der Waals surface area contributed by atoms with Crippen LogP contribution in [0.15, 0.2) is 24.3 Å². The van der Waals surface area contributed by atoms with Gasteiger partial charge in [0.15, 0.2) is 0 Å². The molecule has 0 fully saturated rings. The Bertz CT molecular complexity index is 447. The van der Waals surface area contributed by atoms with Gasteiger partial charge in [-0.15, -0.1) is 0 Å². The Morgan fingerprint density at radius 1 is 1.05 bits per heavy atom. The minimum absolute atomic E-state index is 0.176. The van der Waals surface area contributed by atoms with Crippen molar-refractivity contribution in [1.29, 1.82) is 0 Å². The van der Waals surface area contributed by atoms with E-state index in [1.807, 2.05) is 13.8 Å². The van der Waals surface area contributed by atoms with E-state index in [-0.39, 0.29) is 17.9 Å². The van der Waals surface area contributed by atoms with Gasteiger partial charge in [0.05, 0.1) is 17.2 Å². The molecule has 2 rings (SSSR count). The van der Waals surface area contributed by atoms with Gasteiger partial charge in [-0.2, -0.15) is 0 Å². The third-order valence-corrected chi connectivity index (χ3v) is 3.11. The number of unbranched alkanes of at least 4 members (excludes halogenated alkanes) is 1. The van der Waals surface area contributed by atoms with E-state index in [0.29, 0.717) is 24.3 Å².